The summed E-state index contributed by atoms with van der Waals surface area (Å²) in [5.41, 5.74) is 0. The van der Waals surface area contributed by atoms with Crippen LogP contribution in [0.5, 0.6) is 0 Å². The Hall–Kier alpha value is 0.140. The number of rotatable bonds is 2. The Morgan fingerprint density at radius 3 is 2.50 bits per heavy atom. The van der Waals surface area contributed by atoms with Crippen molar-refractivity contribution >= 4 is 40.9 Å². The number of ether oxygens (including phenoxy) is 1. The number of alkyl halides is 3. The van der Waals surface area contributed by atoms with Crippen molar-refractivity contribution in [1.82, 2.24) is 5.32 Å². The van der Waals surface area contributed by atoms with Gasteiger partial charge in [0.05, 0.1) is 5.88 Å². The molecule has 0 rings (SSSR count). The average molecular weight is 206 g/mol. The van der Waals surface area contributed by atoms with Crippen LogP contribution in [0.2, 0.25) is 0 Å². The number of nitrogens with one attached hydrogen (secondary N) is 1. The number of carbonyl (C=O) groups is 1. The third-order valence-corrected chi connectivity index (χ3v) is 1.67. The Kier molecular flexibility index (Phi) is 4.17. The van der Waals surface area contributed by atoms with Crippen LogP contribution in [0.3, 0.4) is 0 Å². The molecule has 0 aliphatic heterocycles. The molecule has 1 amide bonds. The average Bonchev–Trinajstić information content (AvgIpc) is 1.87. The molecule has 0 aromatic heterocycles. The fraction of sp³-hybridized carbons (Fsp3) is 0.750. The van der Waals surface area contributed by atoms with Crippen molar-refractivity contribution in [1.29, 1.82) is 0 Å². The van der Waals surface area contributed by atoms with Crippen LogP contribution in [-0.4, -0.2) is 23.5 Å². The lowest BCUT2D eigenvalue weighted by Crippen LogP contribution is -2.30. The summed E-state index contributed by atoms with van der Waals surface area (Å²) >= 11 is 15.9. The fourth-order valence-corrected chi connectivity index (χ4v) is 0.409. The van der Waals surface area contributed by atoms with Crippen LogP contribution in [0.1, 0.15) is 0 Å². The van der Waals surface area contributed by atoms with Crippen molar-refractivity contribution in [2.24, 2.45) is 0 Å². The number of alkyl carbamates (subject to hydrolysis) is 1. The van der Waals surface area contributed by atoms with Crippen molar-refractivity contribution in [3.05, 3.63) is 0 Å². The van der Waals surface area contributed by atoms with E-state index in [0.717, 1.165) is 0 Å². The topological polar surface area (TPSA) is 38.3 Å². The molecule has 0 aliphatic rings. The van der Waals surface area contributed by atoms with E-state index in [2.05, 4.69) is 10.1 Å². The van der Waals surface area contributed by atoms with Gasteiger partial charge in [0.25, 0.3) is 4.52 Å². The van der Waals surface area contributed by atoms with Gasteiger partial charge < -0.3 is 10.1 Å². The van der Waals surface area contributed by atoms with Gasteiger partial charge in [0.15, 0.2) is 0 Å². The third kappa shape index (κ3) is 4.04. The van der Waals surface area contributed by atoms with Gasteiger partial charge in [-0.2, -0.15) is 0 Å². The van der Waals surface area contributed by atoms with E-state index in [-0.39, 0.29) is 5.88 Å². The second kappa shape index (κ2) is 4.11. The molecule has 0 saturated carbocycles. The van der Waals surface area contributed by atoms with Crippen molar-refractivity contribution in [2.75, 3.05) is 12.9 Å². The van der Waals surface area contributed by atoms with Gasteiger partial charge in [-0.15, -0.1) is 11.6 Å². The lowest BCUT2D eigenvalue weighted by molar-refractivity contribution is 0.126. The molecule has 0 aromatic carbocycles. The summed E-state index contributed by atoms with van der Waals surface area (Å²) in [6, 6.07) is 0. The zero-order valence-corrected chi connectivity index (χ0v) is 7.43. The molecule has 0 radical (unpaired) electrons. The van der Waals surface area contributed by atoms with Crippen molar-refractivity contribution in [3.63, 3.8) is 0 Å². The summed E-state index contributed by atoms with van der Waals surface area (Å²) in [5.74, 6) is -0.177. The first kappa shape index (κ1) is 10.1. The molecule has 0 aromatic rings. The minimum absolute atomic E-state index is 0.177. The largest absolute Gasteiger partial charge is 0.411 e. The zero-order valence-electron chi connectivity index (χ0n) is 5.16. The van der Waals surface area contributed by atoms with Gasteiger partial charge >= 0.3 is 6.09 Å². The first-order chi connectivity index (χ1) is 4.52. The second-order valence-corrected chi connectivity index (χ2v) is 3.09. The first-order valence-corrected chi connectivity index (χ1v) is 3.65. The smallest absolute Gasteiger partial charge is 0.409 e. The highest BCUT2D eigenvalue weighted by Crippen LogP contribution is 2.23. The third-order valence-electron chi connectivity index (χ3n) is 0.602. The predicted octanol–water partition coefficient (Wildman–Crippen LogP) is 1.71. The van der Waals surface area contributed by atoms with E-state index >= 15 is 0 Å². The highest BCUT2D eigenvalue weighted by molar-refractivity contribution is 6.50. The molecule has 0 unspecified atom stereocenters. The predicted molar refractivity (Wildman–Crippen MR) is 40.7 cm³/mol. The number of hydrogen-bond donors (Lipinski definition) is 1. The van der Waals surface area contributed by atoms with Gasteiger partial charge in [-0.3, -0.25) is 0 Å². The van der Waals surface area contributed by atoms with Gasteiger partial charge in [0.2, 0.25) is 0 Å². The molecule has 1 N–H and O–H groups in total. The van der Waals surface area contributed by atoms with Crippen LogP contribution in [0, 0.1) is 0 Å². The van der Waals surface area contributed by atoms with E-state index in [1.807, 2.05) is 0 Å². The van der Waals surface area contributed by atoms with E-state index in [1.165, 1.54) is 7.05 Å². The van der Waals surface area contributed by atoms with E-state index in [4.69, 9.17) is 34.8 Å². The maximum Gasteiger partial charge on any atom is 0.409 e. The minimum atomic E-state index is -1.64. The van der Waals surface area contributed by atoms with Gasteiger partial charge in [-0.1, -0.05) is 23.2 Å². The molecular formula is C4H6Cl3NO2. The molecule has 0 spiro atoms. The van der Waals surface area contributed by atoms with Crippen LogP contribution in [0.4, 0.5) is 4.79 Å². The summed E-state index contributed by atoms with van der Waals surface area (Å²) in [7, 11) is 1.39. The van der Waals surface area contributed by atoms with Crippen LogP contribution < -0.4 is 5.32 Å². The maximum absolute atomic E-state index is 10.4. The van der Waals surface area contributed by atoms with Crippen LogP contribution in [-0.2, 0) is 4.74 Å². The van der Waals surface area contributed by atoms with Gasteiger partial charge in [0.1, 0.15) is 0 Å². The molecule has 0 bridgehead atoms. The standard InChI is InChI=1S/C4H6Cl3NO2/c1-8-3(9)10-4(6,7)2-5/h2H2,1H3,(H,8,9). The minimum Gasteiger partial charge on any atom is -0.411 e. The Labute approximate surface area is 73.6 Å². The van der Waals surface area contributed by atoms with E-state index in [9.17, 15) is 4.79 Å². The number of halogens is 3. The normalized spacial score (nSPS) is 10.8. The summed E-state index contributed by atoms with van der Waals surface area (Å²) in [6.45, 7) is 0. The SMILES string of the molecule is CNC(=O)OC(Cl)(Cl)CCl. The Bertz CT molecular complexity index is 128. The summed E-state index contributed by atoms with van der Waals surface area (Å²) < 4.78 is 2.75. The van der Waals surface area contributed by atoms with Gasteiger partial charge in [0, 0.05) is 7.05 Å². The number of amides is 1. The summed E-state index contributed by atoms with van der Waals surface area (Å²) in [5, 5.41) is 2.17. The van der Waals surface area contributed by atoms with Crippen molar-refractivity contribution < 1.29 is 9.53 Å². The van der Waals surface area contributed by atoms with Gasteiger partial charge in [-0.05, 0) is 0 Å². The van der Waals surface area contributed by atoms with Crippen LogP contribution >= 0.6 is 34.8 Å². The Morgan fingerprint density at radius 2 is 2.20 bits per heavy atom. The Morgan fingerprint density at radius 1 is 1.70 bits per heavy atom. The van der Waals surface area contributed by atoms with Crippen LogP contribution in [0.15, 0.2) is 0 Å². The maximum atomic E-state index is 10.4. The number of hydrogen-bond acceptors (Lipinski definition) is 2. The molecule has 0 saturated heterocycles. The molecule has 0 aliphatic carbocycles. The summed E-state index contributed by atoms with van der Waals surface area (Å²) in [4.78, 5) is 10.4. The molecule has 6 heteroatoms. The lowest BCUT2D eigenvalue weighted by Gasteiger charge is -2.15. The van der Waals surface area contributed by atoms with E-state index in [0.29, 0.717) is 0 Å². The fourth-order valence-electron chi connectivity index (χ4n) is 0.214. The first-order valence-electron chi connectivity index (χ1n) is 2.36. The molecule has 0 heterocycles. The molecule has 3 nitrogen and oxygen atoms in total. The van der Waals surface area contributed by atoms with E-state index < -0.39 is 10.6 Å². The highest BCUT2D eigenvalue weighted by Gasteiger charge is 2.26. The summed E-state index contributed by atoms with van der Waals surface area (Å²) in [6.07, 6.45) is -0.717. The molecule has 60 valence electrons. The molecular weight excluding hydrogens is 200 g/mol. The molecule has 10 heavy (non-hydrogen) atoms. The van der Waals surface area contributed by atoms with Crippen molar-refractivity contribution in [2.45, 2.75) is 4.52 Å². The zero-order chi connectivity index (χ0) is 8.20. The monoisotopic (exact) mass is 205 g/mol. The Balaban J connectivity index is 3.76. The molecule has 0 fully saturated rings. The van der Waals surface area contributed by atoms with E-state index in [1.54, 1.807) is 0 Å². The lowest BCUT2D eigenvalue weighted by atomic mass is 10.8. The van der Waals surface area contributed by atoms with Crippen molar-refractivity contribution in [3.8, 4) is 0 Å². The second-order valence-electron chi connectivity index (χ2n) is 1.41. The van der Waals surface area contributed by atoms with Gasteiger partial charge in [-0.25, -0.2) is 4.79 Å². The quantitative estimate of drug-likeness (QED) is 0.699. The number of carbonyl (C=O) groups excluding carboxylic acids is 1. The van der Waals surface area contributed by atoms with Crippen LogP contribution in [0.25, 0.3) is 0 Å². The highest BCUT2D eigenvalue weighted by atomic mass is 35.5. The molecule has 0 atom stereocenters.